The molecule has 0 saturated carbocycles. The van der Waals surface area contributed by atoms with Gasteiger partial charge in [-0.25, -0.2) is 4.39 Å². The van der Waals surface area contributed by atoms with Crippen molar-refractivity contribution in [3.63, 3.8) is 0 Å². The molecule has 0 aromatic heterocycles. The molecular formula is C27H24FNO4. The summed E-state index contributed by atoms with van der Waals surface area (Å²) in [4.78, 5) is 39.8. The molecule has 0 aliphatic carbocycles. The molecule has 4 rings (SSSR count). The maximum absolute atomic E-state index is 13.1. The zero-order valence-corrected chi connectivity index (χ0v) is 18.5. The molecule has 2 amide bonds. The third-order valence-corrected chi connectivity index (χ3v) is 6.08. The second-order valence-electron chi connectivity index (χ2n) is 8.11. The first kappa shape index (κ1) is 22.4. The van der Waals surface area contributed by atoms with Crippen LogP contribution >= 0.6 is 0 Å². The quantitative estimate of drug-likeness (QED) is 0.382. The smallest absolute Gasteiger partial charge is 0.240 e. The van der Waals surface area contributed by atoms with Crippen LogP contribution in [0.5, 0.6) is 5.75 Å². The van der Waals surface area contributed by atoms with E-state index in [1.165, 1.54) is 11.8 Å². The second-order valence-corrected chi connectivity index (χ2v) is 8.11. The molecule has 0 bridgehead atoms. The van der Waals surface area contributed by atoms with Crippen molar-refractivity contribution in [2.24, 2.45) is 5.92 Å². The Morgan fingerprint density at radius 3 is 2.15 bits per heavy atom. The number of hydrogen-bond donors (Lipinski definition) is 0. The molecule has 0 N–H and O–H groups in total. The van der Waals surface area contributed by atoms with E-state index in [0.717, 1.165) is 22.3 Å². The summed E-state index contributed by atoms with van der Waals surface area (Å²) in [6, 6.07) is 21.3. The van der Waals surface area contributed by atoms with Gasteiger partial charge in [0.25, 0.3) is 0 Å². The number of benzene rings is 3. The summed E-state index contributed by atoms with van der Waals surface area (Å²) < 4.78 is 17.1. The molecule has 33 heavy (non-hydrogen) atoms. The Kier molecular flexibility index (Phi) is 6.36. The van der Waals surface area contributed by atoms with Crippen LogP contribution < -0.4 is 4.74 Å². The van der Waals surface area contributed by atoms with Gasteiger partial charge in [0.1, 0.15) is 11.7 Å². The van der Waals surface area contributed by atoms with Crippen molar-refractivity contribution in [1.82, 2.24) is 4.90 Å². The Hall–Kier alpha value is -3.80. The highest BCUT2D eigenvalue weighted by Gasteiger charge is 2.46. The summed E-state index contributed by atoms with van der Waals surface area (Å²) in [6.45, 7) is 2.30. The van der Waals surface area contributed by atoms with E-state index in [0.29, 0.717) is 11.3 Å². The van der Waals surface area contributed by atoms with Crippen molar-refractivity contribution < 1.29 is 23.5 Å². The van der Waals surface area contributed by atoms with Crippen molar-refractivity contribution in [2.75, 3.05) is 6.86 Å². The predicted octanol–water partition coefficient (Wildman–Crippen LogP) is 5.29. The highest BCUT2D eigenvalue weighted by molar-refractivity contribution is 6.14. The molecule has 1 fully saturated rings. The fraction of sp³-hybridized carbons (Fsp3) is 0.222. The summed E-state index contributed by atoms with van der Waals surface area (Å²) >= 11 is 0. The number of carbonyl (C=O) groups excluding carboxylic acids is 3. The van der Waals surface area contributed by atoms with Crippen LogP contribution in [0.4, 0.5) is 4.39 Å². The molecule has 1 aliphatic rings. The molecule has 3 aromatic carbocycles. The summed E-state index contributed by atoms with van der Waals surface area (Å²) in [5.41, 5.74) is 3.96. The number of rotatable bonds is 6. The van der Waals surface area contributed by atoms with E-state index in [1.807, 2.05) is 55.5 Å². The topological polar surface area (TPSA) is 63.7 Å². The number of nitrogens with zero attached hydrogens (tertiary/aromatic N) is 1. The first-order valence-corrected chi connectivity index (χ1v) is 10.7. The molecule has 3 aromatic rings. The molecule has 5 nitrogen and oxygen atoms in total. The van der Waals surface area contributed by atoms with Gasteiger partial charge in [-0.15, -0.1) is 0 Å². The minimum absolute atomic E-state index is 0.250. The lowest BCUT2D eigenvalue weighted by molar-refractivity contribution is -0.143. The van der Waals surface area contributed by atoms with Crippen LogP contribution in [-0.2, 0) is 9.59 Å². The Balaban J connectivity index is 1.59. The summed E-state index contributed by atoms with van der Waals surface area (Å²) in [5.74, 6) is -1.52. The maximum atomic E-state index is 13.1. The largest absolute Gasteiger partial charge is 0.463 e. The highest BCUT2D eigenvalue weighted by Crippen LogP contribution is 2.39. The van der Waals surface area contributed by atoms with Crippen LogP contribution in [0.1, 0.15) is 40.9 Å². The van der Waals surface area contributed by atoms with Crippen LogP contribution in [0.25, 0.3) is 11.1 Å². The van der Waals surface area contributed by atoms with Gasteiger partial charge in [0.15, 0.2) is 5.78 Å². The van der Waals surface area contributed by atoms with E-state index >= 15 is 0 Å². The number of ketones is 1. The SMILES string of the molecule is CC(=O)N1C(=O)C(C(=O)c2ccccc2C)CC1c1ccc(-c2ccc(OCF)cc2)cc1. The number of alkyl halides is 1. The molecule has 168 valence electrons. The van der Waals surface area contributed by atoms with E-state index in [2.05, 4.69) is 0 Å². The van der Waals surface area contributed by atoms with E-state index in [9.17, 15) is 18.8 Å². The number of amides is 2. The molecule has 6 heteroatoms. The van der Waals surface area contributed by atoms with Crippen molar-refractivity contribution in [1.29, 1.82) is 0 Å². The predicted molar refractivity (Wildman–Crippen MR) is 122 cm³/mol. The van der Waals surface area contributed by atoms with Gasteiger partial charge in [-0.3, -0.25) is 19.3 Å². The van der Waals surface area contributed by atoms with Gasteiger partial charge in [0, 0.05) is 12.5 Å². The number of ether oxygens (including phenoxy) is 1. The fourth-order valence-corrected chi connectivity index (χ4v) is 4.37. The van der Waals surface area contributed by atoms with Gasteiger partial charge in [0.2, 0.25) is 18.7 Å². The maximum Gasteiger partial charge on any atom is 0.240 e. The molecule has 0 radical (unpaired) electrons. The Bertz CT molecular complexity index is 1190. The van der Waals surface area contributed by atoms with E-state index in [-0.39, 0.29) is 18.1 Å². The van der Waals surface area contributed by atoms with Crippen molar-refractivity contribution in [2.45, 2.75) is 26.3 Å². The number of hydrogen-bond acceptors (Lipinski definition) is 4. The van der Waals surface area contributed by atoms with Gasteiger partial charge in [-0.2, -0.15) is 0 Å². The van der Waals surface area contributed by atoms with E-state index < -0.39 is 24.7 Å². The minimum Gasteiger partial charge on any atom is -0.463 e. The highest BCUT2D eigenvalue weighted by atomic mass is 19.1. The Morgan fingerprint density at radius 1 is 0.970 bits per heavy atom. The van der Waals surface area contributed by atoms with Gasteiger partial charge in [-0.1, -0.05) is 60.7 Å². The first-order valence-electron chi connectivity index (χ1n) is 10.7. The summed E-state index contributed by atoms with van der Waals surface area (Å²) in [5, 5.41) is 0. The van der Waals surface area contributed by atoms with Crippen molar-refractivity contribution >= 4 is 17.6 Å². The molecule has 0 spiro atoms. The summed E-state index contributed by atoms with van der Waals surface area (Å²) in [6.07, 6.45) is 0.250. The zero-order valence-electron chi connectivity index (χ0n) is 18.5. The number of likely N-dealkylation sites (tertiary alicyclic amines) is 1. The van der Waals surface area contributed by atoms with Crippen LogP contribution in [0.3, 0.4) is 0 Å². The van der Waals surface area contributed by atoms with Gasteiger partial charge >= 0.3 is 0 Å². The zero-order chi connectivity index (χ0) is 23.5. The fourth-order valence-electron chi connectivity index (χ4n) is 4.37. The Morgan fingerprint density at radius 2 is 1.58 bits per heavy atom. The third-order valence-electron chi connectivity index (χ3n) is 6.08. The van der Waals surface area contributed by atoms with Gasteiger partial charge in [-0.05, 0) is 47.7 Å². The minimum atomic E-state index is -0.886. The first-order chi connectivity index (χ1) is 15.9. The van der Waals surface area contributed by atoms with Gasteiger partial charge in [0.05, 0.1) is 6.04 Å². The second kappa shape index (κ2) is 9.36. The molecule has 2 unspecified atom stereocenters. The lowest BCUT2D eigenvalue weighted by atomic mass is 9.90. The monoisotopic (exact) mass is 445 g/mol. The molecule has 1 heterocycles. The standard InChI is InChI=1S/C27H24FNO4/c1-17-5-3-4-6-23(17)26(31)24-15-25(29(18(2)30)27(24)32)21-9-7-19(8-10-21)20-11-13-22(14-12-20)33-16-28/h3-14,24-25H,15-16H2,1-2H3. The average Bonchev–Trinajstić information content (AvgIpc) is 3.17. The summed E-state index contributed by atoms with van der Waals surface area (Å²) in [7, 11) is 0. The normalized spacial score (nSPS) is 17.8. The van der Waals surface area contributed by atoms with Crippen molar-refractivity contribution in [3.05, 3.63) is 89.5 Å². The lowest BCUT2D eigenvalue weighted by Gasteiger charge is -2.22. The van der Waals surface area contributed by atoms with Crippen LogP contribution in [0, 0.1) is 12.8 Å². The van der Waals surface area contributed by atoms with Crippen LogP contribution in [0.15, 0.2) is 72.8 Å². The number of aryl methyl sites for hydroxylation is 1. The van der Waals surface area contributed by atoms with Crippen LogP contribution in [-0.4, -0.2) is 29.4 Å². The Labute approximate surface area is 191 Å². The third kappa shape index (κ3) is 4.42. The average molecular weight is 445 g/mol. The number of halogens is 1. The van der Waals surface area contributed by atoms with Crippen LogP contribution in [0.2, 0.25) is 0 Å². The lowest BCUT2D eigenvalue weighted by Crippen LogP contribution is -2.35. The molecule has 1 saturated heterocycles. The van der Waals surface area contributed by atoms with E-state index in [4.69, 9.17) is 4.74 Å². The van der Waals surface area contributed by atoms with E-state index in [1.54, 1.807) is 24.3 Å². The van der Waals surface area contributed by atoms with Crippen molar-refractivity contribution in [3.8, 4) is 16.9 Å². The number of carbonyl (C=O) groups is 3. The number of Topliss-reactive ketones (excluding diaryl/α,β-unsaturated/α-hetero) is 1. The number of imide groups is 1. The molecular weight excluding hydrogens is 421 g/mol. The molecule has 1 aliphatic heterocycles. The van der Waals surface area contributed by atoms with Gasteiger partial charge < -0.3 is 4.74 Å². The molecule has 2 atom stereocenters.